The molecule has 1 saturated heterocycles. The third-order valence-electron chi connectivity index (χ3n) is 4.55. The van der Waals surface area contributed by atoms with E-state index in [1.54, 1.807) is 0 Å². The highest BCUT2D eigenvalue weighted by Gasteiger charge is 2.29. The maximum absolute atomic E-state index is 11.0. The summed E-state index contributed by atoms with van der Waals surface area (Å²) >= 11 is 0. The van der Waals surface area contributed by atoms with Gasteiger partial charge in [-0.05, 0) is 51.2 Å². The molecule has 1 fully saturated rings. The van der Waals surface area contributed by atoms with Crippen molar-refractivity contribution < 1.29 is 9.53 Å². The maximum Gasteiger partial charge on any atom is 0.405 e. The van der Waals surface area contributed by atoms with Crippen molar-refractivity contribution >= 4 is 22.8 Å². The van der Waals surface area contributed by atoms with E-state index in [0.29, 0.717) is 5.92 Å². The quantitative estimate of drug-likeness (QED) is 0.908. The molecule has 1 aliphatic heterocycles. The monoisotopic (exact) mass is 316 g/mol. The van der Waals surface area contributed by atoms with Crippen LogP contribution in [0.15, 0.2) is 24.5 Å². The fourth-order valence-electron chi connectivity index (χ4n) is 3.61. The first kappa shape index (κ1) is 15.6. The van der Waals surface area contributed by atoms with Gasteiger partial charge in [-0.3, -0.25) is 0 Å². The zero-order valence-electron chi connectivity index (χ0n) is 13.7. The van der Waals surface area contributed by atoms with Crippen LogP contribution in [0.1, 0.15) is 33.1 Å². The van der Waals surface area contributed by atoms with Crippen LogP contribution in [0.25, 0.3) is 11.0 Å². The largest absolute Gasteiger partial charge is 0.444 e. The van der Waals surface area contributed by atoms with Crippen LogP contribution < -0.4 is 10.6 Å². The van der Waals surface area contributed by atoms with Crippen molar-refractivity contribution in [2.45, 2.75) is 38.7 Å². The molecule has 23 heavy (non-hydrogen) atoms. The van der Waals surface area contributed by atoms with E-state index in [9.17, 15) is 4.79 Å². The van der Waals surface area contributed by atoms with Crippen LogP contribution in [0.5, 0.6) is 0 Å². The molecule has 0 aliphatic carbocycles. The number of fused-ring (bicyclic) bond motifs is 1. The molecule has 3 rings (SSSR count). The smallest absolute Gasteiger partial charge is 0.405 e. The molecule has 3 heterocycles. The van der Waals surface area contributed by atoms with Crippen LogP contribution in [0.3, 0.4) is 0 Å². The number of amides is 1. The fourth-order valence-corrected chi connectivity index (χ4v) is 3.61. The minimum absolute atomic E-state index is 0.497. The molecule has 6 heteroatoms. The normalized spacial score (nSPS) is 16.7. The molecule has 2 aromatic heterocycles. The van der Waals surface area contributed by atoms with E-state index >= 15 is 0 Å². The van der Waals surface area contributed by atoms with Gasteiger partial charge in [-0.2, -0.15) is 0 Å². The Bertz CT molecular complexity index is 687. The van der Waals surface area contributed by atoms with Crippen molar-refractivity contribution in [1.82, 2.24) is 9.97 Å². The van der Waals surface area contributed by atoms with Crippen molar-refractivity contribution in [3.05, 3.63) is 24.5 Å². The zero-order chi connectivity index (χ0) is 16.4. The van der Waals surface area contributed by atoms with E-state index in [2.05, 4.69) is 27.0 Å². The summed E-state index contributed by atoms with van der Waals surface area (Å²) in [5.41, 5.74) is 6.82. The Morgan fingerprint density at radius 3 is 2.87 bits per heavy atom. The van der Waals surface area contributed by atoms with E-state index in [1.807, 2.05) is 26.2 Å². The van der Waals surface area contributed by atoms with Gasteiger partial charge in [0, 0.05) is 36.6 Å². The number of piperidine rings is 1. The van der Waals surface area contributed by atoms with E-state index in [-0.39, 0.29) is 0 Å². The summed E-state index contributed by atoms with van der Waals surface area (Å²) < 4.78 is 5.21. The predicted molar refractivity (Wildman–Crippen MR) is 90.4 cm³/mol. The number of pyridine rings is 1. The highest BCUT2D eigenvalue weighted by molar-refractivity contribution is 5.89. The van der Waals surface area contributed by atoms with Crippen LogP contribution in [-0.4, -0.2) is 34.8 Å². The second kappa shape index (κ2) is 6.10. The van der Waals surface area contributed by atoms with E-state index in [1.165, 1.54) is 11.1 Å². The zero-order valence-corrected chi connectivity index (χ0v) is 13.7. The molecule has 3 N–H and O–H groups in total. The lowest BCUT2D eigenvalue weighted by Crippen LogP contribution is -2.38. The number of nitrogens with zero attached hydrogens (tertiary/aromatic N) is 2. The molecule has 0 spiro atoms. The van der Waals surface area contributed by atoms with Gasteiger partial charge < -0.3 is 20.4 Å². The summed E-state index contributed by atoms with van der Waals surface area (Å²) in [6.07, 6.45) is 6.10. The fraction of sp³-hybridized carbons (Fsp3) is 0.529. The van der Waals surface area contributed by atoms with E-state index in [0.717, 1.165) is 38.0 Å². The van der Waals surface area contributed by atoms with Crippen LogP contribution in [0, 0.1) is 5.92 Å². The van der Waals surface area contributed by atoms with Crippen LogP contribution >= 0.6 is 0 Å². The Kier molecular flexibility index (Phi) is 4.15. The molecule has 0 bridgehead atoms. The predicted octanol–water partition coefficient (Wildman–Crippen LogP) is 3.04. The number of ether oxygens (including phenoxy) is 1. The number of H-pyrrole nitrogens is 1. The first-order valence-electron chi connectivity index (χ1n) is 8.10. The number of nitrogens with one attached hydrogen (secondary N) is 1. The number of rotatable bonds is 4. The molecule has 1 aliphatic rings. The molecule has 0 aromatic carbocycles. The summed E-state index contributed by atoms with van der Waals surface area (Å²) in [4.78, 5) is 20.9. The molecule has 1 amide bonds. The van der Waals surface area contributed by atoms with Crippen molar-refractivity contribution in [2.24, 2.45) is 11.7 Å². The lowest BCUT2D eigenvalue weighted by molar-refractivity contribution is 0.0236. The van der Waals surface area contributed by atoms with Gasteiger partial charge >= 0.3 is 6.09 Å². The standard InChI is InChI=1S/C17H24N4O2/c1-17(2,23-16(18)22)11-12-5-9-21(10-6-12)14-4-8-20-15-13(14)3-7-19-15/h3-4,7-8,12H,5-6,9-11H2,1-2H3,(H2,18,22)(H,19,20). The highest BCUT2D eigenvalue weighted by atomic mass is 16.6. The number of aromatic amines is 1. The number of carbonyl (C=O) groups excluding carboxylic acids is 1. The number of hydrogen-bond donors (Lipinski definition) is 2. The van der Waals surface area contributed by atoms with Gasteiger partial charge in [-0.25, -0.2) is 9.78 Å². The summed E-state index contributed by atoms with van der Waals surface area (Å²) in [5, 5.41) is 1.17. The van der Waals surface area contributed by atoms with Gasteiger partial charge in [-0.15, -0.1) is 0 Å². The van der Waals surface area contributed by atoms with Crippen LogP contribution in [-0.2, 0) is 4.74 Å². The second-order valence-corrected chi connectivity index (χ2v) is 6.89. The van der Waals surface area contributed by atoms with Crippen LogP contribution in [0.4, 0.5) is 10.5 Å². The molecular formula is C17H24N4O2. The Morgan fingerprint density at radius 2 is 2.17 bits per heavy atom. The number of anilines is 1. The Balaban J connectivity index is 1.62. The lowest BCUT2D eigenvalue weighted by atomic mass is 9.86. The van der Waals surface area contributed by atoms with E-state index < -0.39 is 11.7 Å². The molecule has 0 saturated carbocycles. The first-order valence-corrected chi connectivity index (χ1v) is 8.10. The average molecular weight is 316 g/mol. The Morgan fingerprint density at radius 1 is 1.43 bits per heavy atom. The molecular weight excluding hydrogens is 292 g/mol. The average Bonchev–Trinajstić information content (AvgIpc) is 2.94. The van der Waals surface area contributed by atoms with Crippen molar-refractivity contribution in [3.8, 4) is 0 Å². The number of primary amides is 1. The minimum Gasteiger partial charge on any atom is -0.444 e. The number of hydrogen-bond acceptors (Lipinski definition) is 4. The Hall–Kier alpha value is -2.24. The van der Waals surface area contributed by atoms with Gasteiger partial charge in [0.1, 0.15) is 11.2 Å². The third-order valence-corrected chi connectivity index (χ3v) is 4.55. The summed E-state index contributed by atoms with van der Waals surface area (Å²) in [6, 6.07) is 4.16. The van der Waals surface area contributed by atoms with E-state index in [4.69, 9.17) is 10.5 Å². The molecule has 124 valence electrons. The molecule has 0 radical (unpaired) electrons. The third kappa shape index (κ3) is 3.57. The van der Waals surface area contributed by atoms with Crippen molar-refractivity contribution in [3.63, 3.8) is 0 Å². The molecule has 6 nitrogen and oxygen atoms in total. The lowest BCUT2D eigenvalue weighted by Gasteiger charge is -2.37. The van der Waals surface area contributed by atoms with Gasteiger partial charge in [0.25, 0.3) is 0 Å². The molecule has 2 aromatic rings. The number of aromatic nitrogens is 2. The summed E-state index contributed by atoms with van der Waals surface area (Å²) in [6.45, 7) is 5.86. The topological polar surface area (TPSA) is 84.2 Å². The first-order chi connectivity index (χ1) is 10.9. The second-order valence-electron chi connectivity index (χ2n) is 6.89. The summed E-state index contributed by atoms with van der Waals surface area (Å²) in [7, 11) is 0. The van der Waals surface area contributed by atoms with Gasteiger partial charge in [-0.1, -0.05) is 0 Å². The number of nitrogens with two attached hydrogens (primary N) is 1. The number of carbonyl (C=O) groups is 1. The summed E-state index contributed by atoms with van der Waals surface area (Å²) in [5.74, 6) is 0.546. The van der Waals surface area contributed by atoms with Gasteiger partial charge in [0.05, 0.1) is 0 Å². The SMILES string of the molecule is CC(C)(CC1CCN(c2ccnc3[nH]ccc23)CC1)OC(N)=O. The molecule has 0 atom stereocenters. The molecule has 0 unspecified atom stereocenters. The van der Waals surface area contributed by atoms with Crippen LogP contribution in [0.2, 0.25) is 0 Å². The van der Waals surface area contributed by atoms with Crippen molar-refractivity contribution in [2.75, 3.05) is 18.0 Å². The van der Waals surface area contributed by atoms with Gasteiger partial charge in [0.2, 0.25) is 0 Å². The van der Waals surface area contributed by atoms with Crippen molar-refractivity contribution in [1.29, 1.82) is 0 Å². The van der Waals surface area contributed by atoms with Gasteiger partial charge in [0.15, 0.2) is 0 Å². The minimum atomic E-state index is -0.695. The Labute approximate surface area is 136 Å². The highest BCUT2D eigenvalue weighted by Crippen LogP contribution is 2.32. The maximum atomic E-state index is 11.0.